The number of nitrogens with zero attached hydrogens (tertiary/aromatic N) is 1. The second-order valence-corrected chi connectivity index (χ2v) is 4.77. The zero-order valence-electron chi connectivity index (χ0n) is 11.7. The Kier molecular flexibility index (Phi) is 4.40. The van der Waals surface area contributed by atoms with Gasteiger partial charge in [-0.3, -0.25) is 0 Å². The molecule has 0 aliphatic heterocycles. The van der Waals surface area contributed by atoms with Gasteiger partial charge in [0.25, 0.3) is 0 Å². The second kappa shape index (κ2) is 6.08. The first-order chi connectivity index (χ1) is 9.91. The molecule has 0 saturated carbocycles. The van der Waals surface area contributed by atoms with Crippen LogP contribution in [-0.2, 0) is 12.7 Å². The molecule has 0 amide bonds. The molecule has 0 aromatic heterocycles. The van der Waals surface area contributed by atoms with Gasteiger partial charge in [-0.2, -0.15) is 13.2 Å². The maximum absolute atomic E-state index is 13.2. The standard InChI is InChI=1S/C16H17F3N2/c1-2-21(11-12-6-4-3-5-7-12)15-9-8-13(20)10-14(15)16(17,18)19/h3-10H,2,11,20H2,1H3. The fourth-order valence-corrected chi connectivity index (χ4v) is 2.23. The second-order valence-electron chi connectivity index (χ2n) is 4.77. The molecule has 0 atom stereocenters. The van der Waals surface area contributed by atoms with Gasteiger partial charge in [0.15, 0.2) is 0 Å². The maximum Gasteiger partial charge on any atom is 0.418 e. The molecule has 0 radical (unpaired) electrons. The highest BCUT2D eigenvalue weighted by atomic mass is 19.4. The van der Waals surface area contributed by atoms with Crippen molar-refractivity contribution in [2.75, 3.05) is 17.2 Å². The lowest BCUT2D eigenvalue weighted by Gasteiger charge is -2.27. The fourth-order valence-electron chi connectivity index (χ4n) is 2.23. The predicted molar refractivity (Wildman–Crippen MR) is 79.0 cm³/mol. The molecule has 0 bridgehead atoms. The molecule has 0 aliphatic rings. The molecule has 2 aromatic carbocycles. The molecule has 5 heteroatoms. The molecule has 2 N–H and O–H groups in total. The van der Waals surface area contributed by atoms with Crippen LogP contribution in [0, 0.1) is 0 Å². The Morgan fingerprint density at radius 1 is 1.05 bits per heavy atom. The molecule has 21 heavy (non-hydrogen) atoms. The number of hydrogen-bond acceptors (Lipinski definition) is 2. The van der Waals surface area contributed by atoms with Crippen LogP contribution in [0.2, 0.25) is 0 Å². The monoisotopic (exact) mass is 294 g/mol. The summed E-state index contributed by atoms with van der Waals surface area (Å²) in [7, 11) is 0. The van der Waals surface area contributed by atoms with E-state index in [0.717, 1.165) is 11.6 Å². The van der Waals surface area contributed by atoms with Gasteiger partial charge in [-0.25, -0.2) is 0 Å². The average molecular weight is 294 g/mol. The first-order valence-electron chi connectivity index (χ1n) is 6.67. The minimum absolute atomic E-state index is 0.113. The highest BCUT2D eigenvalue weighted by Crippen LogP contribution is 2.38. The Morgan fingerprint density at radius 2 is 1.71 bits per heavy atom. The Morgan fingerprint density at radius 3 is 2.29 bits per heavy atom. The number of rotatable bonds is 4. The number of nitrogen functional groups attached to an aromatic ring is 1. The van der Waals surface area contributed by atoms with Crippen LogP contribution >= 0.6 is 0 Å². The normalized spacial score (nSPS) is 11.4. The Balaban J connectivity index is 2.38. The van der Waals surface area contributed by atoms with Crippen molar-refractivity contribution in [2.45, 2.75) is 19.6 Å². The van der Waals surface area contributed by atoms with Crippen molar-refractivity contribution in [3.05, 3.63) is 59.7 Å². The minimum Gasteiger partial charge on any atom is -0.399 e. The van der Waals surface area contributed by atoms with Gasteiger partial charge in [-0.05, 0) is 30.7 Å². The quantitative estimate of drug-likeness (QED) is 0.851. The van der Waals surface area contributed by atoms with E-state index in [1.807, 2.05) is 37.3 Å². The van der Waals surface area contributed by atoms with Crippen molar-refractivity contribution < 1.29 is 13.2 Å². The van der Waals surface area contributed by atoms with Crippen molar-refractivity contribution in [1.29, 1.82) is 0 Å². The Hall–Kier alpha value is -2.17. The number of benzene rings is 2. The molecule has 0 unspecified atom stereocenters. The number of hydrogen-bond donors (Lipinski definition) is 1. The summed E-state index contributed by atoms with van der Waals surface area (Å²) in [6.45, 7) is 2.73. The summed E-state index contributed by atoms with van der Waals surface area (Å²) in [6, 6.07) is 13.3. The summed E-state index contributed by atoms with van der Waals surface area (Å²) >= 11 is 0. The first kappa shape index (κ1) is 15.2. The van der Waals surface area contributed by atoms with Crippen LogP contribution in [0.25, 0.3) is 0 Å². The number of nitrogens with two attached hydrogens (primary N) is 1. The molecule has 2 rings (SSSR count). The molecule has 0 saturated heterocycles. The maximum atomic E-state index is 13.2. The summed E-state index contributed by atoms with van der Waals surface area (Å²) in [5.41, 5.74) is 6.04. The third-order valence-corrected chi connectivity index (χ3v) is 3.26. The summed E-state index contributed by atoms with van der Waals surface area (Å²) in [6.07, 6.45) is -4.42. The lowest BCUT2D eigenvalue weighted by atomic mass is 10.1. The molecule has 2 aromatic rings. The Labute approximate surface area is 122 Å². The van der Waals surface area contributed by atoms with Gasteiger partial charge in [0.2, 0.25) is 0 Å². The van der Waals surface area contributed by atoms with Crippen LogP contribution in [0.1, 0.15) is 18.1 Å². The number of alkyl halides is 3. The molecular weight excluding hydrogens is 277 g/mol. The molecule has 0 aliphatic carbocycles. The highest BCUT2D eigenvalue weighted by molar-refractivity contribution is 5.61. The van der Waals surface area contributed by atoms with Crippen molar-refractivity contribution in [3.8, 4) is 0 Å². The lowest BCUT2D eigenvalue weighted by molar-refractivity contribution is -0.137. The van der Waals surface area contributed by atoms with Crippen molar-refractivity contribution in [2.24, 2.45) is 0 Å². The van der Waals surface area contributed by atoms with Crippen LogP contribution in [0.3, 0.4) is 0 Å². The van der Waals surface area contributed by atoms with Crippen LogP contribution < -0.4 is 10.6 Å². The van der Waals surface area contributed by atoms with E-state index >= 15 is 0 Å². The summed E-state index contributed by atoms with van der Waals surface area (Å²) in [4.78, 5) is 1.69. The van der Waals surface area contributed by atoms with E-state index in [-0.39, 0.29) is 11.4 Å². The van der Waals surface area contributed by atoms with E-state index in [1.165, 1.54) is 12.1 Å². The lowest BCUT2D eigenvalue weighted by Crippen LogP contribution is -2.25. The SMILES string of the molecule is CCN(Cc1ccccc1)c1ccc(N)cc1C(F)(F)F. The molecule has 2 nitrogen and oxygen atoms in total. The van der Waals surface area contributed by atoms with Gasteiger partial charge in [0.1, 0.15) is 0 Å². The van der Waals surface area contributed by atoms with E-state index in [2.05, 4.69) is 0 Å². The van der Waals surface area contributed by atoms with Crippen molar-refractivity contribution >= 4 is 11.4 Å². The van der Waals surface area contributed by atoms with Crippen LogP contribution in [0.4, 0.5) is 24.5 Å². The van der Waals surface area contributed by atoms with E-state index in [0.29, 0.717) is 13.1 Å². The zero-order chi connectivity index (χ0) is 15.5. The minimum atomic E-state index is -4.42. The molecule has 0 fully saturated rings. The highest BCUT2D eigenvalue weighted by Gasteiger charge is 2.34. The fraction of sp³-hybridized carbons (Fsp3) is 0.250. The van der Waals surface area contributed by atoms with Gasteiger partial charge in [-0.1, -0.05) is 30.3 Å². The molecule has 0 spiro atoms. The molecular formula is C16H17F3N2. The smallest absolute Gasteiger partial charge is 0.399 e. The molecule has 0 heterocycles. The van der Waals surface area contributed by atoms with Gasteiger partial charge >= 0.3 is 6.18 Å². The summed E-state index contributed by atoms with van der Waals surface area (Å²) < 4.78 is 39.5. The van der Waals surface area contributed by atoms with Crippen LogP contribution in [0.5, 0.6) is 0 Å². The molecule has 112 valence electrons. The van der Waals surface area contributed by atoms with Gasteiger partial charge in [0, 0.05) is 24.5 Å². The Bertz CT molecular complexity index is 594. The predicted octanol–water partition coefficient (Wildman–Crippen LogP) is 4.31. The van der Waals surface area contributed by atoms with Crippen molar-refractivity contribution in [3.63, 3.8) is 0 Å². The largest absolute Gasteiger partial charge is 0.418 e. The summed E-state index contributed by atoms with van der Waals surface area (Å²) in [5.74, 6) is 0. The van der Waals surface area contributed by atoms with E-state index < -0.39 is 11.7 Å². The number of halogens is 3. The van der Waals surface area contributed by atoms with E-state index in [4.69, 9.17) is 5.73 Å². The van der Waals surface area contributed by atoms with Crippen LogP contribution in [-0.4, -0.2) is 6.54 Å². The van der Waals surface area contributed by atoms with E-state index in [1.54, 1.807) is 4.90 Å². The first-order valence-corrected chi connectivity index (χ1v) is 6.67. The van der Waals surface area contributed by atoms with E-state index in [9.17, 15) is 13.2 Å². The third kappa shape index (κ3) is 3.68. The summed E-state index contributed by atoms with van der Waals surface area (Å²) in [5, 5.41) is 0. The van der Waals surface area contributed by atoms with Crippen LogP contribution in [0.15, 0.2) is 48.5 Å². The van der Waals surface area contributed by atoms with Gasteiger partial charge in [0.05, 0.1) is 5.56 Å². The van der Waals surface area contributed by atoms with Gasteiger partial charge in [-0.15, -0.1) is 0 Å². The van der Waals surface area contributed by atoms with Crippen molar-refractivity contribution in [1.82, 2.24) is 0 Å². The number of anilines is 2. The average Bonchev–Trinajstić information content (AvgIpc) is 2.45. The topological polar surface area (TPSA) is 29.3 Å². The zero-order valence-corrected chi connectivity index (χ0v) is 11.7. The van der Waals surface area contributed by atoms with Gasteiger partial charge < -0.3 is 10.6 Å². The third-order valence-electron chi connectivity index (χ3n) is 3.26.